The second kappa shape index (κ2) is 6.72. The fourth-order valence-corrected chi connectivity index (χ4v) is 3.42. The molecule has 2 aliphatic rings. The third kappa shape index (κ3) is 3.67. The summed E-state index contributed by atoms with van der Waals surface area (Å²) in [5.74, 6) is 0. The molecule has 2 fully saturated rings. The maximum atomic E-state index is 10.3. The molecule has 1 saturated carbocycles. The Kier molecular flexibility index (Phi) is 5.26. The summed E-state index contributed by atoms with van der Waals surface area (Å²) in [4.78, 5) is 2.49. The predicted molar refractivity (Wildman–Crippen MR) is 71.2 cm³/mol. The molecule has 17 heavy (non-hydrogen) atoms. The molecule has 1 saturated heterocycles. The Bertz CT molecular complexity index is 214. The van der Waals surface area contributed by atoms with Gasteiger partial charge in [-0.2, -0.15) is 0 Å². The molecule has 100 valence electrons. The minimum atomic E-state index is -0.0984. The Labute approximate surface area is 106 Å². The molecule has 2 N–H and O–H groups in total. The summed E-state index contributed by atoms with van der Waals surface area (Å²) in [6.45, 7) is 2.30. The van der Waals surface area contributed by atoms with E-state index < -0.39 is 0 Å². The highest BCUT2D eigenvalue weighted by Crippen LogP contribution is 2.25. The molecule has 0 amide bonds. The summed E-state index contributed by atoms with van der Waals surface area (Å²) in [7, 11) is 2.23. The fraction of sp³-hybridized carbons (Fsp3) is 1.00. The van der Waals surface area contributed by atoms with Crippen LogP contribution in [0.3, 0.4) is 0 Å². The SMILES string of the molecule is CN(C1CCCNCC1)C1CCCCCC1O. The molecule has 2 rings (SSSR count). The molecule has 1 heterocycles. The van der Waals surface area contributed by atoms with E-state index >= 15 is 0 Å². The number of likely N-dealkylation sites (N-methyl/N-ethyl adjacent to an activating group) is 1. The monoisotopic (exact) mass is 240 g/mol. The van der Waals surface area contributed by atoms with Gasteiger partial charge in [0.05, 0.1) is 6.10 Å². The van der Waals surface area contributed by atoms with Crippen molar-refractivity contribution >= 4 is 0 Å². The molecular formula is C14H28N2O. The van der Waals surface area contributed by atoms with E-state index in [1.807, 2.05) is 0 Å². The zero-order valence-corrected chi connectivity index (χ0v) is 11.2. The lowest BCUT2D eigenvalue weighted by molar-refractivity contribution is 0.0327. The van der Waals surface area contributed by atoms with E-state index in [-0.39, 0.29) is 6.10 Å². The number of aliphatic hydroxyl groups is 1. The van der Waals surface area contributed by atoms with Crippen molar-refractivity contribution in [3.63, 3.8) is 0 Å². The van der Waals surface area contributed by atoms with Gasteiger partial charge in [0.1, 0.15) is 0 Å². The van der Waals surface area contributed by atoms with Crippen LogP contribution in [0.5, 0.6) is 0 Å². The Hall–Kier alpha value is -0.120. The zero-order chi connectivity index (χ0) is 12.1. The summed E-state index contributed by atoms with van der Waals surface area (Å²) in [6.07, 6.45) is 9.67. The first-order valence-corrected chi connectivity index (χ1v) is 7.40. The van der Waals surface area contributed by atoms with E-state index in [2.05, 4.69) is 17.3 Å². The molecule has 0 radical (unpaired) electrons. The van der Waals surface area contributed by atoms with Crippen LogP contribution in [0.1, 0.15) is 51.4 Å². The molecular weight excluding hydrogens is 212 g/mol. The number of rotatable bonds is 2. The van der Waals surface area contributed by atoms with Gasteiger partial charge in [0, 0.05) is 12.1 Å². The summed E-state index contributed by atoms with van der Waals surface area (Å²) in [6, 6.07) is 1.07. The molecule has 3 heteroatoms. The zero-order valence-electron chi connectivity index (χ0n) is 11.2. The number of hydrogen-bond donors (Lipinski definition) is 2. The first-order chi connectivity index (χ1) is 8.29. The van der Waals surface area contributed by atoms with Gasteiger partial charge < -0.3 is 10.4 Å². The van der Waals surface area contributed by atoms with E-state index in [4.69, 9.17) is 0 Å². The summed E-state index contributed by atoms with van der Waals surface area (Å²) < 4.78 is 0. The molecule has 0 spiro atoms. The van der Waals surface area contributed by atoms with Crippen molar-refractivity contribution in [2.45, 2.75) is 69.6 Å². The number of hydrogen-bond acceptors (Lipinski definition) is 3. The van der Waals surface area contributed by atoms with E-state index in [1.165, 1.54) is 44.9 Å². The van der Waals surface area contributed by atoms with Gasteiger partial charge in [-0.15, -0.1) is 0 Å². The van der Waals surface area contributed by atoms with Gasteiger partial charge in [0.15, 0.2) is 0 Å². The van der Waals surface area contributed by atoms with Gasteiger partial charge >= 0.3 is 0 Å². The molecule has 3 atom stereocenters. The van der Waals surface area contributed by atoms with Gasteiger partial charge in [-0.1, -0.05) is 19.3 Å². The standard InChI is InChI=1S/C14H28N2O/c1-16(12-6-5-10-15-11-9-12)13-7-3-2-4-8-14(13)17/h12-15,17H,2-11H2,1H3. The van der Waals surface area contributed by atoms with Crippen LogP contribution in [-0.4, -0.2) is 48.3 Å². The molecule has 1 aliphatic carbocycles. The Morgan fingerprint density at radius 3 is 2.65 bits per heavy atom. The Balaban J connectivity index is 1.93. The minimum Gasteiger partial charge on any atom is -0.391 e. The molecule has 0 aromatic carbocycles. The first kappa shape index (κ1) is 13.3. The van der Waals surface area contributed by atoms with E-state index in [1.54, 1.807) is 0 Å². The second-order valence-electron chi connectivity index (χ2n) is 5.77. The minimum absolute atomic E-state index is 0.0984. The summed E-state index contributed by atoms with van der Waals surface area (Å²) in [5.41, 5.74) is 0. The maximum Gasteiger partial charge on any atom is 0.0695 e. The first-order valence-electron chi connectivity index (χ1n) is 7.40. The summed E-state index contributed by atoms with van der Waals surface area (Å²) in [5, 5.41) is 13.7. The highest BCUT2D eigenvalue weighted by molar-refractivity contribution is 4.85. The fourth-order valence-electron chi connectivity index (χ4n) is 3.42. The van der Waals surface area contributed by atoms with Gasteiger partial charge in [0.2, 0.25) is 0 Å². The Morgan fingerprint density at radius 1 is 0.941 bits per heavy atom. The predicted octanol–water partition coefficient (Wildman–Crippen LogP) is 1.75. The van der Waals surface area contributed by atoms with Gasteiger partial charge in [0.25, 0.3) is 0 Å². The molecule has 1 aliphatic heterocycles. The van der Waals surface area contributed by atoms with Crippen LogP contribution in [0.15, 0.2) is 0 Å². The number of nitrogens with zero attached hydrogens (tertiary/aromatic N) is 1. The van der Waals surface area contributed by atoms with Gasteiger partial charge in [-0.25, -0.2) is 0 Å². The molecule has 0 bridgehead atoms. The molecule has 3 nitrogen and oxygen atoms in total. The van der Waals surface area contributed by atoms with Crippen molar-refractivity contribution < 1.29 is 5.11 Å². The Morgan fingerprint density at radius 2 is 1.76 bits per heavy atom. The van der Waals surface area contributed by atoms with Crippen molar-refractivity contribution in [3.05, 3.63) is 0 Å². The van der Waals surface area contributed by atoms with Crippen molar-refractivity contribution in [1.82, 2.24) is 10.2 Å². The highest BCUT2D eigenvalue weighted by Gasteiger charge is 2.29. The average Bonchev–Trinajstić information content (AvgIpc) is 2.70. The topological polar surface area (TPSA) is 35.5 Å². The lowest BCUT2D eigenvalue weighted by Gasteiger charge is -2.36. The normalized spacial score (nSPS) is 36.5. The highest BCUT2D eigenvalue weighted by atomic mass is 16.3. The van der Waals surface area contributed by atoms with Crippen LogP contribution in [0.2, 0.25) is 0 Å². The van der Waals surface area contributed by atoms with Crippen LogP contribution in [0, 0.1) is 0 Å². The van der Waals surface area contributed by atoms with Crippen LogP contribution < -0.4 is 5.32 Å². The lowest BCUT2D eigenvalue weighted by Crippen LogP contribution is -2.46. The molecule has 0 aromatic heterocycles. The molecule has 3 unspecified atom stereocenters. The van der Waals surface area contributed by atoms with Gasteiger partial charge in [-0.3, -0.25) is 4.90 Å². The lowest BCUT2D eigenvalue weighted by atomic mass is 9.99. The van der Waals surface area contributed by atoms with E-state index in [9.17, 15) is 5.11 Å². The largest absolute Gasteiger partial charge is 0.391 e. The maximum absolute atomic E-state index is 10.3. The van der Waals surface area contributed by atoms with Crippen LogP contribution in [0.4, 0.5) is 0 Å². The van der Waals surface area contributed by atoms with Crippen molar-refractivity contribution in [1.29, 1.82) is 0 Å². The van der Waals surface area contributed by atoms with Gasteiger partial charge in [-0.05, 0) is 52.2 Å². The van der Waals surface area contributed by atoms with Crippen LogP contribution >= 0.6 is 0 Å². The van der Waals surface area contributed by atoms with Crippen molar-refractivity contribution in [3.8, 4) is 0 Å². The van der Waals surface area contributed by atoms with Crippen LogP contribution in [0.25, 0.3) is 0 Å². The smallest absolute Gasteiger partial charge is 0.0695 e. The quantitative estimate of drug-likeness (QED) is 0.722. The van der Waals surface area contributed by atoms with Crippen molar-refractivity contribution in [2.24, 2.45) is 0 Å². The average molecular weight is 240 g/mol. The number of aliphatic hydroxyl groups excluding tert-OH is 1. The van der Waals surface area contributed by atoms with E-state index in [0.29, 0.717) is 12.1 Å². The third-order valence-corrected chi connectivity index (χ3v) is 4.59. The van der Waals surface area contributed by atoms with E-state index in [0.717, 1.165) is 19.5 Å². The molecule has 0 aromatic rings. The second-order valence-corrected chi connectivity index (χ2v) is 5.77. The van der Waals surface area contributed by atoms with Crippen LogP contribution in [-0.2, 0) is 0 Å². The van der Waals surface area contributed by atoms with Crippen molar-refractivity contribution in [2.75, 3.05) is 20.1 Å². The number of nitrogens with one attached hydrogen (secondary N) is 1. The third-order valence-electron chi connectivity index (χ3n) is 4.59. The summed E-state index contributed by atoms with van der Waals surface area (Å²) >= 11 is 0.